The second-order valence-corrected chi connectivity index (χ2v) is 6.31. The van der Waals surface area contributed by atoms with Gasteiger partial charge < -0.3 is 29.7 Å². The molecule has 2 N–H and O–H groups in total. The highest BCUT2D eigenvalue weighted by Gasteiger charge is 2.19. The Bertz CT molecular complexity index is 601. The molecule has 1 unspecified atom stereocenters. The summed E-state index contributed by atoms with van der Waals surface area (Å²) < 4.78 is 16.2. The van der Waals surface area contributed by atoms with Crippen LogP contribution in [0.15, 0.2) is 24.3 Å². The maximum atomic E-state index is 11.9. The summed E-state index contributed by atoms with van der Waals surface area (Å²) in [6.45, 7) is 3.29. The van der Waals surface area contributed by atoms with Gasteiger partial charge >= 0.3 is 12.1 Å². The van der Waals surface area contributed by atoms with E-state index in [0.717, 1.165) is 31.6 Å². The third-order valence-electron chi connectivity index (χ3n) is 4.30. The molecule has 1 aromatic carbocycles. The molecular weight excluding hydrogens is 338 g/mol. The third kappa shape index (κ3) is 5.52. The fraction of sp³-hybridized carbons (Fsp3) is 0.556. The van der Waals surface area contributed by atoms with Crippen LogP contribution in [0.5, 0.6) is 5.75 Å². The summed E-state index contributed by atoms with van der Waals surface area (Å²) in [7, 11) is 0. The van der Waals surface area contributed by atoms with E-state index in [4.69, 9.17) is 14.2 Å². The number of hydrogen-bond acceptors (Lipinski definition) is 5. The Balaban J connectivity index is 1.35. The number of nitrogens with one attached hydrogen (secondary N) is 2. The van der Waals surface area contributed by atoms with Gasteiger partial charge in [-0.1, -0.05) is 0 Å². The van der Waals surface area contributed by atoms with Crippen molar-refractivity contribution in [3.63, 3.8) is 0 Å². The number of rotatable bonds is 7. The molecule has 2 heterocycles. The van der Waals surface area contributed by atoms with E-state index in [1.807, 2.05) is 12.1 Å². The zero-order valence-electron chi connectivity index (χ0n) is 14.7. The van der Waals surface area contributed by atoms with Gasteiger partial charge in [-0.3, -0.25) is 0 Å². The number of carbonyl (C=O) groups excluding carboxylic acids is 2. The van der Waals surface area contributed by atoms with Crippen LogP contribution in [0, 0.1) is 0 Å². The topological polar surface area (TPSA) is 89.1 Å². The molecule has 2 saturated heterocycles. The van der Waals surface area contributed by atoms with Crippen LogP contribution in [0.1, 0.15) is 19.3 Å². The lowest BCUT2D eigenvalue weighted by atomic mass is 10.2. The average molecular weight is 363 g/mol. The fourth-order valence-corrected chi connectivity index (χ4v) is 2.88. The van der Waals surface area contributed by atoms with E-state index in [2.05, 4.69) is 10.6 Å². The van der Waals surface area contributed by atoms with Crippen LogP contribution in [0.3, 0.4) is 0 Å². The molecule has 26 heavy (non-hydrogen) atoms. The molecule has 8 nitrogen and oxygen atoms in total. The van der Waals surface area contributed by atoms with Crippen LogP contribution in [-0.2, 0) is 9.47 Å². The van der Waals surface area contributed by atoms with Crippen LogP contribution in [-0.4, -0.2) is 62.6 Å². The summed E-state index contributed by atoms with van der Waals surface area (Å²) in [6, 6.07) is 6.88. The van der Waals surface area contributed by atoms with Crippen molar-refractivity contribution in [2.45, 2.75) is 25.4 Å². The lowest BCUT2D eigenvalue weighted by molar-refractivity contribution is 0.0679. The first-order valence-electron chi connectivity index (χ1n) is 9.02. The Labute approximate surface area is 152 Å². The Morgan fingerprint density at radius 2 is 2.08 bits per heavy atom. The number of carbonyl (C=O) groups is 2. The van der Waals surface area contributed by atoms with Crippen molar-refractivity contribution in [3.8, 4) is 5.75 Å². The summed E-state index contributed by atoms with van der Waals surface area (Å²) in [5, 5.41) is 5.48. The van der Waals surface area contributed by atoms with Gasteiger partial charge in [0.2, 0.25) is 0 Å². The number of anilines is 1. The Kier molecular flexibility index (Phi) is 6.54. The van der Waals surface area contributed by atoms with Crippen molar-refractivity contribution >= 4 is 17.8 Å². The first-order chi connectivity index (χ1) is 12.7. The SMILES string of the molecule is O=C(NCCN1CCCOC1=O)Nc1ccc(OCC2CCCO2)cc1. The monoisotopic (exact) mass is 363 g/mol. The standard InChI is InChI=1S/C18H25N3O5/c22-17(19-8-10-21-9-2-12-25-18(21)23)20-14-4-6-15(7-5-14)26-13-16-3-1-11-24-16/h4-7,16H,1-3,8-13H2,(H2,19,20,22). The number of urea groups is 1. The van der Waals surface area contributed by atoms with E-state index in [1.165, 1.54) is 0 Å². The minimum Gasteiger partial charge on any atom is -0.491 e. The molecule has 2 aliphatic heterocycles. The number of nitrogens with zero attached hydrogens (tertiary/aromatic N) is 1. The zero-order valence-corrected chi connectivity index (χ0v) is 14.7. The second-order valence-electron chi connectivity index (χ2n) is 6.31. The molecule has 0 bridgehead atoms. The molecule has 3 amide bonds. The number of cyclic esters (lactones) is 1. The Morgan fingerprint density at radius 1 is 1.23 bits per heavy atom. The van der Waals surface area contributed by atoms with Crippen LogP contribution in [0.2, 0.25) is 0 Å². The summed E-state index contributed by atoms with van der Waals surface area (Å²) in [5.74, 6) is 0.745. The highest BCUT2D eigenvalue weighted by atomic mass is 16.6. The highest BCUT2D eigenvalue weighted by molar-refractivity contribution is 5.89. The van der Waals surface area contributed by atoms with E-state index in [1.54, 1.807) is 17.0 Å². The minimum absolute atomic E-state index is 0.177. The third-order valence-corrected chi connectivity index (χ3v) is 4.30. The molecule has 0 aromatic heterocycles. The van der Waals surface area contributed by atoms with Crippen LogP contribution >= 0.6 is 0 Å². The number of amides is 3. The quantitative estimate of drug-likeness (QED) is 0.775. The molecule has 0 aliphatic carbocycles. The molecule has 0 radical (unpaired) electrons. The molecule has 0 saturated carbocycles. The predicted molar refractivity (Wildman–Crippen MR) is 95.5 cm³/mol. The van der Waals surface area contributed by atoms with E-state index in [-0.39, 0.29) is 18.2 Å². The minimum atomic E-state index is -0.322. The van der Waals surface area contributed by atoms with Gasteiger partial charge in [0.25, 0.3) is 0 Å². The maximum absolute atomic E-state index is 11.9. The van der Waals surface area contributed by atoms with Gasteiger partial charge in [0.1, 0.15) is 12.4 Å². The lowest BCUT2D eigenvalue weighted by Crippen LogP contribution is -2.43. The molecule has 0 spiro atoms. The van der Waals surface area contributed by atoms with Crippen molar-refractivity contribution in [2.75, 3.05) is 44.8 Å². The molecule has 8 heteroatoms. The summed E-state index contributed by atoms with van der Waals surface area (Å²) in [4.78, 5) is 25.0. The molecular formula is C18H25N3O5. The Hall–Kier alpha value is -2.48. The van der Waals surface area contributed by atoms with Crippen molar-refractivity contribution in [1.82, 2.24) is 10.2 Å². The number of ether oxygens (including phenoxy) is 3. The van der Waals surface area contributed by atoms with Crippen LogP contribution < -0.4 is 15.4 Å². The fourth-order valence-electron chi connectivity index (χ4n) is 2.88. The van der Waals surface area contributed by atoms with Crippen molar-refractivity contribution < 1.29 is 23.8 Å². The summed E-state index contributed by atoms with van der Waals surface area (Å²) in [6.07, 6.45) is 2.80. The molecule has 1 aromatic rings. The number of benzene rings is 1. The first-order valence-corrected chi connectivity index (χ1v) is 9.02. The van der Waals surface area contributed by atoms with Gasteiger partial charge in [-0.25, -0.2) is 9.59 Å². The molecule has 1 atom stereocenters. The normalized spacial score (nSPS) is 19.8. The predicted octanol–water partition coefficient (Wildman–Crippen LogP) is 2.21. The summed E-state index contributed by atoms with van der Waals surface area (Å²) in [5.41, 5.74) is 0.671. The van der Waals surface area contributed by atoms with Gasteiger partial charge in [0.15, 0.2) is 0 Å². The van der Waals surface area contributed by atoms with E-state index in [9.17, 15) is 9.59 Å². The van der Waals surface area contributed by atoms with Gasteiger partial charge in [-0.15, -0.1) is 0 Å². The lowest BCUT2D eigenvalue weighted by Gasteiger charge is -2.26. The van der Waals surface area contributed by atoms with Crippen LogP contribution in [0.25, 0.3) is 0 Å². The maximum Gasteiger partial charge on any atom is 0.409 e. The second kappa shape index (κ2) is 9.28. The van der Waals surface area contributed by atoms with E-state index >= 15 is 0 Å². The molecule has 2 aliphatic rings. The van der Waals surface area contributed by atoms with Gasteiger partial charge in [-0.2, -0.15) is 0 Å². The van der Waals surface area contributed by atoms with Crippen molar-refractivity contribution in [1.29, 1.82) is 0 Å². The first kappa shape index (κ1) is 18.3. The van der Waals surface area contributed by atoms with E-state index in [0.29, 0.717) is 38.5 Å². The van der Waals surface area contributed by atoms with Crippen LogP contribution in [0.4, 0.5) is 15.3 Å². The van der Waals surface area contributed by atoms with Gasteiger partial charge in [0, 0.05) is 31.9 Å². The molecule has 2 fully saturated rings. The average Bonchev–Trinajstić information content (AvgIpc) is 3.16. The van der Waals surface area contributed by atoms with Gasteiger partial charge in [-0.05, 0) is 43.5 Å². The highest BCUT2D eigenvalue weighted by Crippen LogP contribution is 2.18. The van der Waals surface area contributed by atoms with Crippen molar-refractivity contribution in [2.24, 2.45) is 0 Å². The smallest absolute Gasteiger partial charge is 0.409 e. The largest absolute Gasteiger partial charge is 0.491 e. The summed E-state index contributed by atoms with van der Waals surface area (Å²) >= 11 is 0. The Morgan fingerprint density at radius 3 is 2.81 bits per heavy atom. The molecule has 142 valence electrons. The number of hydrogen-bond donors (Lipinski definition) is 2. The van der Waals surface area contributed by atoms with Gasteiger partial charge in [0.05, 0.1) is 12.7 Å². The van der Waals surface area contributed by atoms with Crippen molar-refractivity contribution in [3.05, 3.63) is 24.3 Å². The van der Waals surface area contributed by atoms with E-state index < -0.39 is 0 Å². The zero-order chi connectivity index (χ0) is 18.2. The molecule has 3 rings (SSSR count).